The summed E-state index contributed by atoms with van der Waals surface area (Å²) in [6.45, 7) is 12.3. The highest BCUT2D eigenvalue weighted by atomic mass is 16.3. The lowest BCUT2D eigenvalue weighted by Crippen LogP contribution is -2.28. The summed E-state index contributed by atoms with van der Waals surface area (Å²) in [5.74, 6) is 3.12. The lowest BCUT2D eigenvalue weighted by molar-refractivity contribution is 0.137. The van der Waals surface area contributed by atoms with Crippen molar-refractivity contribution in [3.05, 3.63) is 0 Å². The fraction of sp³-hybridized carbons (Fsp3) is 1.00. The lowest BCUT2D eigenvalue weighted by atomic mass is 9.70. The minimum Gasteiger partial charge on any atom is -0.396 e. The molecule has 0 heterocycles. The zero-order valence-electron chi connectivity index (χ0n) is 12.5. The van der Waals surface area contributed by atoms with Gasteiger partial charge in [0.1, 0.15) is 0 Å². The number of aliphatic hydroxyl groups excluding tert-OH is 1. The monoisotopic (exact) mass is 240 g/mol. The predicted molar refractivity (Wildman–Crippen MR) is 74.9 cm³/mol. The second-order valence-corrected chi connectivity index (χ2v) is 7.10. The minimum atomic E-state index is 0.348. The predicted octanol–water partition coefficient (Wildman–Crippen LogP) is 4.49. The van der Waals surface area contributed by atoms with Crippen molar-refractivity contribution in [2.45, 2.75) is 66.7 Å². The summed E-state index contributed by atoms with van der Waals surface area (Å²) >= 11 is 0. The third-order valence-corrected chi connectivity index (χ3v) is 5.49. The molecule has 1 aliphatic carbocycles. The van der Waals surface area contributed by atoms with E-state index in [0.29, 0.717) is 17.9 Å². The van der Waals surface area contributed by atoms with Gasteiger partial charge in [0, 0.05) is 6.61 Å². The van der Waals surface area contributed by atoms with Crippen molar-refractivity contribution in [1.82, 2.24) is 0 Å². The molecule has 1 saturated carbocycles. The minimum absolute atomic E-state index is 0.348. The van der Waals surface area contributed by atoms with Gasteiger partial charge in [-0.05, 0) is 48.3 Å². The van der Waals surface area contributed by atoms with Crippen molar-refractivity contribution < 1.29 is 5.11 Å². The van der Waals surface area contributed by atoms with Gasteiger partial charge < -0.3 is 5.11 Å². The van der Waals surface area contributed by atoms with E-state index in [1.54, 1.807) is 0 Å². The van der Waals surface area contributed by atoms with Crippen molar-refractivity contribution >= 4 is 0 Å². The van der Waals surface area contributed by atoms with Crippen molar-refractivity contribution in [1.29, 1.82) is 0 Å². The van der Waals surface area contributed by atoms with Crippen molar-refractivity contribution in [2.75, 3.05) is 6.61 Å². The van der Waals surface area contributed by atoms with Gasteiger partial charge in [0.25, 0.3) is 0 Å². The average molecular weight is 240 g/mol. The molecule has 4 unspecified atom stereocenters. The normalized spacial score (nSPS) is 31.4. The third-order valence-electron chi connectivity index (χ3n) is 5.49. The first-order valence-corrected chi connectivity index (χ1v) is 7.50. The topological polar surface area (TPSA) is 20.2 Å². The molecule has 0 aromatic rings. The Kier molecular flexibility index (Phi) is 5.50. The van der Waals surface area contributed by atoms with Gasteiger partial charge in [-0.3, -0.25) is 0 Å². The van der Waals surface area contributed by atoms with E-state index >= 15 is 0 Å². The molecule has 0 aliphatic heterocycles. The highest BCUT2D eigenvalue weighted by molar-refractivity contribution is 4.91. The van der Waals surface area contributed by atoms with E-state index in [9.17, 15) is 0 Å². The summed E-state index contributed by atoms with van der Waals surface area (Å²) in [7, 11) is 0. The Morgan fingerprint density at radius 1 is 1.18 bits per heavy atom. The lowest BCUT2D eigenvalue weighted by Gasteiger charge is -2.35. The molecular formula is C16H32O. The molecule has 0 bridgehead atoms. The second kappa shape index (κ2) is 6.22. The maximum Gasteiger partial charge on any atom is 0.0456 e. The molecule has 1 nitrogen and oxygen atoms in total. The van der Waals surface area contributed by atoms with E-state index in [-0.39, 0.29) is 0 Å². The Morgan fingerprint density at radius 3 is 2.29 bits per heavy atom. The van der Waals surface area contributed by atoms with Crippen LogP contribution >= 0.6 is 0 Å². The molecule has 1 N–H and O–H groups in total. The molecule has 1 heteroatoms. The van der Waals surface area contributed by atoms with Gasteiger partial charge in [-0.2, -0.15) is 0 Å². The van der Waals surface area contributed by atoms with E-state index in [1.165, 1.54) is 32.1 Å². The van der Waals surface area contributed by atoms with E-state index in [2.05, 4.69) is 34.6 Å². The number of hydrogen-bond acceptors (Lipinski definition) is 1. The number of hydrogen-bond donors (Lipinski definition) is 1. The standard InChI is InChI=1S/C16H32O/c1-12(11-17)7-6-8-13(2)15-10-9-14(3)16(15,4)5/h12-15,17H,6-11H2,1-5H3. The molecule has 102 valence electrons. The third kappa shape index (κ3) is 3.71. The summed E-state index contributed by atoms with van der Waals surface area (Å²) in [5.41, 5.74) is 0.530. The van der Waals surface area contributed by atoms with Crippen molar-refractivity contribution in [3.63, 3.8) is 0 Å². The van der Waals surface area contributed by atoms with Gasteiger partial charge in [-0.1, -0.05) is 47.5 Å². The Labute approximate surface area is 108 Å². The summed E-state index contributed by atoms with van der Waals surface area (Å²) in [5, 5.41) is 9.03. The van der Waals surface area contributed by atoms with Crippen LogP contribution in [0, 0.1) is 29.1 Å². The van der Waals surface area contributed by atoms with Crippen LogP contribution in [-0.2, 0) is 0 Å². The summed E-state index contributed by atoms with van der Waals surface area (Å²) in [4.78, 5) is 0. The largest absolute Gasteiger partial charge is 0.396 e. The van der Waals surface area contributed by atoms with Crippen LogP contribution in [0.1, 0.15) is 66.7 Å². The SMILES string of the molecule is CC(CO)CCCC(C)C1CCC(C)C1(C)C. The van der Waals surface area contributed by atoms with E-state index in [4.69, 9.17) is 5.11 Å². The van der Waals surface area contributed by atoms with Crippen molar-refractivity contribution in [2.24, 2.45) is 29.1 Å². The van der Waals surface area contributed by atoms with Gasteiger partial charge in [-0.25, -0.2) is 0 Å². The van der Waals surface area contributed by atoms with Crippen LogP contribution in [0.3, 0.4) is 0 Å². The van der Waals surface area contributed by atoms with E-state index in [0.717, 1.165) is 17.8 Å². The van der Waals surface area contributed by atoms with E-state index < -0.39 is 0 Å². The first-order valence-electron chi connectivity index (χ1n) is 7.50. The molecule has 1 rings (SSSR count). The molecule has 0 aromatic heterocycles. The summed E-state index contributed by atoms with van der Waals surface area (Å²) < 4.78 is 0. The second-order valence-electron chi connectivity index (χ2n) is 7.10. The molecular weight excluding hydrogens is 208 g/mol. The van der Waals surface area contributed by atoms with Crippen LogP contribution < -0.4 is 0 Å². The molecule has 17 heavy (non-hydrogen) atoms. The van der Waals surface area contributed by atoms with Crippen LogP contribution in [0.15, 0.2) is 0 Å². The van der Waals surface area contributed by atoms with Gasteiger partial charge >= 0.3 is 0 Å². The fourth-order valence-electron chi connectivity index (χ4n) is 3.64. The van der Waals surface area contributed by atoms with Crippen LogP contribution in [0.25, 0.3) is 0 Å². The fourth-order valence-corrected chi connectivity index (χ4v) is 3.64. The summed E-state index contributed by atoms with van der Waals surface area (Å²) in [6, 6.07) is 0. The zero-order chi connectivity index (χ0) is 13.1. The number of aliphatic hydroxyl groups is 1. The van der Waals surface area contributed by atoms with Gasteiger partial charge in [-0.15, -0.1) is 0 Å². The first-order chi connectivity index (χ1) is 7.89. The molecule has 1 fully saturated rings. The molecule has 0 aromatic carbocycles. The Bertz CT molecular complexity index is 222. The van der Waals surface area contributed by atoms with Gasteiger partial charge in [0.2, 0.25) is 0 Å². The maximum atomic E-state index is 9.03. The van der Waals surface area contributed by atoms with Crippen molar-refractivity contribution in [3.8, 4) is 0 Å². The molecule has 0 saturated heterocycles. The Morgan fingerprint density at radius 2 is 1.82 bits per heavy atom. The molecule has 0 amide bonds. The molecule has 4 atom stereocenters. The van der Waals surface area contributed by atoms with Gasteiger partial charge in [0.05, 0.1) is 0 Å². The quantitative estimate of drug-likeness (QED) is 0.725. The van der Waals surface area contributed by atoms with Crippen LogP contribution in [-0.4, -0.2) is 11.7 Å². The molecule has 0 radical (unpaired) electrons. The van der Waals surface area contributed by atoms with E-state index in [1.807, 2.05) is 0 Å². The smallest absolute Gasteiger partial charge is 0.0456 e. The van der Waals surface area contributed by atoms with Crippen LogP contribution in [0.5, 0.6) is 0 Å². The molecule has 0 spiro atoms. The number of rotatable bonds is 6. The van der Waals surface area contributed by atoms with Crippen LogP contribution in [0.2, 0.25) is 0 Å². The highest BCUT2D eigenvalue weighted by Crippen LogP contribution is 2.51. The Balaban J connectivity index is 2.35. The van der Waals surface area contributed by atoms with Gasteiger partial charge in [0.15, 0.2) is 0 Å². The summed E-state index contributed by atoms with van der Waals surface area (Å²) in [6.07, 6.45) is 6.64. The first kappa shape index (κ1) is 15.0. The van der Waals surface area contributed by atoms with Crippen LogP contribution in [0.4, 0.5) is 0 Å². The molecule has 1 aliphatic rings. The highest BCUT2D eigenvalue weighted by Gasteiger charge is 2.42. The average Bonchev–Trinajstić information content (AvgIpc) is 2.53. The zero-order valence-corrected chi connectivity index (χ0v) is 12.5. The maximum absolute atomic E-state index is 9.03. The Hall–Kier alpha value is -0.0400.